The van der Waals surface area contributed by atoms with Gasteiger partial charge in [0.05, 0.1) is 16.9 Å². The number of hydrogen-bond acceptors (Lipinski definition) is 4. The first-order chi connectivity index (χ1) is 19.6. The van der Waals surface area contributed by atoms with E-state index in [2.05, 4.69) is 60.4 Å². The number of halogens is 1. The van der Waals surface area contributed by atoms with Crippen LogP contribution in [0.3, 0.4) is 0 Å². The summed E-state index contributed by atoms with van der Waals surface area (Å²) in [6.45, 7) is 5.53. The van der Waals surface area contributed by atoms with Gasteiger partial charge in [0.15, 0.2) is 0 Å². The lowest BCUT2D eigenvalue weighted by Crippen LogP contribution is -2.20. The zero-order valence-electron chi connectivity index (χ0n) is 22.5. The van der Waals surface area contributed by atoms with Crippen molar-refractivity contribution < 1.29 is 4.39 Å². The van der Waals surface area contributed by atoms with Gasteiger partial charge in [0.2, 0.25) is 0 Å². The second-order valence-corrected chi connectivity index (χ2v) is 10.9. The Hall–Kier alpha value is -4.36. The SMILES string of the molecule is Cc1cc(F)cc(-c2nccc3[nH]c(-c4n[nH]c5ccc(-c6cncc(CCCN7CCCC7)c6)cc45)cc23)c1. The van der Waals surface area contributed by atoms with Crippen LogP contribution in [0, 0.1) is 12.7 Å². The Morgan fingerprint density at radius 3 is 2.60 bits per heavy atom. The summed E-state index contributed by atoms with van der Waals surface area (Å²) in [6, 6.07) is 17.7. The molecule has 7 rings (SSSR count). The molecule has 2 N–H and O–H groups in total. The second kappa shape index (κ2) is 10.3. The van der Waals surface area contributed by atoms with Gasteiger partial charge >= 0.3 is 0 Å². The summed E-state index contributed by atoms with van der Waals surface area (Å²) >= 11 is 0. The number of aryl methyl sites for hydroxylation is 2. The maximum absolute atomic E-state index is 14.2. The van der Waals surface area contributed by atoms with Crippen molar-refractivity contribution in [2.45, 2.75) is 32.6 Å². The fraction of sp³-hybridized carbons (Fsp3) is 0.242. The van der Waals surface area contributed by atoms with Gasteiger partial charge in [-0.05, 0) is 117 Å². The minimum Gasteiger partial charge on any atom is -0.353 e. The molecule has 4 aromatic heterocycles. The van der Waals surface area contributed by atoms with Crippen LogP contribution in [0.4, 0.5) is 4.39 Å². The molecule has 6 nitrogen and oxygen atoms in total. The molecule has 1 saturated heterocycles. The van der Waals surface area contributed by atoms with Crippen LogP contribution >= 0.6 is 0 Å². The van der Waals surface area contributed by atoms with E-state index < -0.39 is 0 Å². The van der Waals surface area contributed by atoms with Crippen molar-refractivity contribution in [3.63, 3.8) is 0 Å². The lowest BCUT2D eigenvalue weighted by molar-refractivity contribution is 0.334. The molecule has 1 aliphatic heterocycles. The average molecular weight is 531 g/mol. The van der Waals surface area contributed by atoms with E-state index in [1.165, 1.54) is 43.6 Å². The van der Waals surface area contributed by atoms with E-state index in [0.29, 0.717) is 0 Å². The molecule has 0 bridgehead atoms. The average Bonchev–Trinajstić information content (AvgIpc) is 3.71. The van der Waals surface area contributed by atoms with E-state index in [1.54, 1.807) is 6.20 Å². The van der Waals surface area contributed by atoms with Crippen LogP contribution in [0.15, 0.2) is 73.2 Å². The third-order valence-corrected chi connectivity index (χ3v) is 7.95. The first-order valence-electron chi connectivity index (χ1n) is 14.0. The van der Waals surface area contributed by atoms with Crippen molar-refractivity contribution in [3.8, 4) is 33.8 Å². The number of benzene rings is 2. The molecular formula is C33H31FN6. The number of likely N-dealkylation sites (tertiary alicyclic amines) is 1. The van der Waals surface area contributed by atoms with Crippen molar-refractivity contribution in [1.29, 1.82) is 0 Å². The molecule has 0 aliphatic carbocycles. The van der Waals surface area contributed by atoms with E-state index in [-0.39, 0.29) is 5.82 Å². The summed E-state index contributed by atoms with van der Waals surface area (Å²) in [5, 5.41) is 9.81. The second-order valence-electron chi connectivity index (χ2n) is 10.9. The number of hydrogen-bond donors (Lipinski definition) is 2. The molecule has 1 aliphatic rings. The minimum absolute atomic E-state index is 0.263. The summed E-state index contributed by atoms with van der Waals surface area (Å²) in [7, 11) is 0. The minimum atomic E-state index is -0.263. The third kappa shape index (κ3) is 4.77. The summed E-state index contributed by atoms with van der Waals surface area (Å²) < 4.78 is 14.2. The molecule has 0 atom stereocenters. The fourth-order valence-corrected chi connectivity index (χ4v) is 5.98. The molecule has 0 radical (unpaired) electrons. The van der Waals surface area contributed by atoms with Gasteiger partial charge < -0.3 is 9.88 Å². The first-order valence-corrected chi connectivity index (χ1v) is 14.0. The molecule has 200 valence electrons. The summed E-state index contributed by atoms with van der Waals surface area (Å²) in [4.78, 5) is 15.2. The van der Waals surface area contributed by atoms with Gasteiger partial charge in [-0.25, -0.2) is 4.39 Å². The number of pyridine rings is 2. The van der Waals surface area contributed by atoms with Crippen molar-refractivity contribution in [2.24, 2.45) is 0 Å². The lowest BCUT2D eigenvalue weighted by Gasteiger charge is -2.14. The number of nitrogens with one attached hydrogen (secondary N) is 2. The molecule has 0 amide bonds. The summed E-state index contributed by atoms with van der Waals surface area (Å²) in [5.41, 5.74) is 9.47. The van der Waals surface area contributed by atoms with E-state index in [4.69, 9.17) is 0 Å². The summed E-state index contributed by atoms with van der Waals surface area (Å²) in [5.74, 6) is -0.263. The topological polar surface area (TPSA) is 73.5 Å². The number of aromatic nitrogens is 5. The highest BCUT2D eigenvalue weighted by Gasteiger charge is 2.16. The fourth-order valence-electron chi connectivity index (χ4n) is 5.98. The highest BCUT2D eigenvalue weighted by molar-refractivity contribution is 6.00. The van der Waals surface area contributed by atoms with Crippen LogP contribution in [0.2, 0.25) is 0 Å². The van der Waals surface area contributed by atoms with E-state index >= 15 is 0 Å². The van der Waals surface area contributed by atoms with Crippen LogP contribution < -0.4 is 0 Å². The zero-order chi connectivity index (χ0) is 27.1. The Morgan fingerprint density at radius 2 is 1.73 bits per heavy atom. The molecule has 0 unspecified atom stereocenters. The highest BCUT2D eigenvalue weighted by atomic mass is 19.1. The number of H-pyrrole nitrogens is 2. The van der Waals surface area contributed by atoms with Gasteiger partial charge in [0, 0.05) is 46.0 Å². The van der Waals surface area contributed by atoms with E-state index in [1.807, 2.05) is 31.5 Å². The molecule has 2 aromatic carbocycles. The first kappa shape index (κ1) is 24.7. The van der Waals surface area contributed by atoms with E-state index in [9.17, 15) is 4.39 Å². The molecule has 5 heterocycles. The number of aromatic amines is 2. The molecule has 0 spiro atoms. The molecule has 1 fully saturated rings. The van der Waals surface area contributed by atoms with Gasteiger partial charge in [-0.15, -0.1) is 0 Å². The van der Waals surface area contributed by atoms with Crippen LogP contribution in [0.5, 0.6) is 0 Å². The molecule has 0 saturated carbocycles. The Labute approximate surface area is 232 Å². The van der Waals surface area contributed by atoms with Crippen LogP contribution in [0.25, 0.3) is 55.6 Å². The van der Waals surface area contributed by atoms with Gasteiger partial charge in [-0.2, -0.15) is 5.10 Å². The Kier molecular flexibility index (Phi) is 6.36. The normalized spacial score (nSPS) is 14.1. The largest absolute Gasteiger partial charge is 0.353 e. The number of rotatable bonds is 7. The predicted molar refractivity (Wildman–Crippen MR) is 159 cm³/mol. The predicted octanol–water partition coefficient (Wildman–Crippen LogP) is 7.31. The Morgan fingerprint density at radius 1 is 0.850 bits per heavy atom. The molecular weight excluding hydrogens is 499 g/mol. The van der Waals surface area contributed by atoms with Crippen LogP contribution in [-0.2, 0) is 6.42 Å². The maximum atomic E-state index is 14.2. The number of fused-ring (bicyclic) bond motifs is 2. The standard InChI is InChI=1S/C33H31FN6/c1-21-13-24(16-26(34)14-21)32-28-18-31(37-29(28)8-9-36-32)33-27-17-23(6-7-30(27)38-39-33)25-15-22(19-35-20-25)5-4-12-40-10-2-3-11-40/h6-9,13-20,37H,2-5,10-12H2,1H3,(H,38,39). The monoisotopic (exact) mass is 530 g/mol. The van der Waals surface area contributed by atoms with Gasteiger partial charge in [0.25, 0.3) is 0 Å². The van der Waals surface area contributed by atoms with E-state index in [0.717, 1.165) is 80.5 Å². The zero-order valence-corrected chi connectivity index (χ0v) is 22.5. The van der Waals surface area contributed by atoms with Crippen LogP contribution in [-0.4, -0.2) is 49.7 Å². The van der Waals surface area contributed by atoms with Gasteiger partial charge in [-0.1, -0.05) is 6.07 Å². The quantitative estimate of drug-likeness (QED) is 0.227. The summed E-state index contributed by atoms with van der Waals surface area (Å²) in [6.07, 6.45) is 10.5. The van der Waals surface area contributed by atoms with Gasteiger partial charge in [0.1, 0.15) is 11.5 Å². The number of nitrogens with zero attached hydrogens (tertiary/aromatic N) is 4. The third-order valence-electron chi connectivity index (χ3n) is 7.95. The lowest BCUT2D eigenvalue weighted by atomic mass is 10.0. The van der Waals surface area contributed by atoms with Crippen molar-refractivity contribution >= 4 is 21.8 Å². The molecule has 6 aromatic rings. The maximum Gasteiger partial charge on any atom is 0.124 e. The Bertz CT molecular complexity index is 1810. The van der Waals surface area contributed by atoms with Crippen LogP contribution in [0.1, 0.15) is 30.4 Å². The van der Waals surface area contributed by atoms with Gasteiger partial charge in [-0.3, -0.25) is 15.1 Å². The van der Waals surface area contributed by atoms with Crippen molar-refractivity contribution in [1.82, 2.24) is 30.0 Å². The highest BCUT2D eigenvalue weighted by Crippen LogP contribution is 2.35. The molecule has 40 heavy (non-hydrogen) atoms. The van der Waals surface area contributed by atoms with Crippen molar-refractivity contribution in [3.05, 3.63) is 90.1 Å². The van der Waals surface area contributed by atoms with Crippen molar-refractivity contribution in [2.75, 3.05) is 19.6 Å². The Balaban J connectivity index is 1.21. The molecule has 7 heteroatoms. The smallest absolute Gasteiger partial charge is 0.124 e.